The predicted molar refractivity (Wildman–Crippen MR) is 75.0 cm³/mol. The van der Waals surface area contributed by atoms with Gasteiger partial charge in [-0.25, -0.2) is 0 Å². The van der Waals surface area contributed by atoms with E-state index in [2.05, 4.69) is 0 Å². The zero-order valence-corrected chi connectivity index (χ0v) is 11.6. The molecule has 1 aromatic carbocycles. The molecular weight excluding hydrogens is 240 g/mol. The van der Waals surface area contributed by atoms with Crippen LogP contribution in [0.4, 0.5) is 0 Å². The molecule has 0 saturated heterocycles. The van der Waals surface area contributed by atoms with Crippen molar-refractivity contribution in [3.63, 3.8) is 0 Å². The van der Waals surface area contributed by atoms with E-state index in [0.717, 1.165) is 5.56 Å². The molecule has 0 bridgehead atoms. The third kappa shape index (κ3) is 6.18. The lowest BCUT2D eigenvalue weighted by atomic mass is 9.91. The SMILES string of the molecule is CC(C)C[C@H](CC(=O)CCc1ccccc1)C(=O)O. The maximum absolute atomic E-state index is 11.8. The van der Waals surface area contributed by atoms with Crippen LogP contribution in [0.1, 0.15) is 38.7 Å². The van der Waals surface area contributed by atoms with Gasteiger partial charge < -0.3 is 5.11 Å². The Balaban J connectivity index is 2.42. The van der Waals surface area contributed by atoms with Crippen molar-refractivity contribution >= 4 is 11.8 Å². The first kappa shape index (κ1) is 15.4. The Hall–Kier alpha value is -1.64. The summed E-state index contributed by atoms with van der Waals surface area (Å²) < 4.78 is 0. The summed E-state index contributed by atoms with van der Waals surface area (Å²) >= 11 is 0. The van der Waals surface area contributed by atoms with Crippen LogP contribution < -0.4 is 0 Å². The Labute approximate surface area is 114 Å². The molecule has 0 amide bonds. The van der Waals surface area contributed by atoms with E-state index in [-0.39, 0.29) is 12.2 Å². The van der Waals surface area contributed by atoms with Crippen molar-refractivity contribution in [2.24, 2.45) is 11.8 Å². The standard InChI is InChI=1S/C16H22O3/c1-12(2)10-14(16(18)19)11-15(17)9-8-13-6-4-3-5-7-13/h3-7,12,14H,8-11H2,1-2H3,(H,18,19)/t14-/m1/s1. The molecule has 0 aliphatic carbocycles. The van der Waals surface area contributed by atoms with Gasteiger partial charge in [-0.15, -0.1) is 0 Å². The fourth-order valence-corrected chi connectivity index (χ4v) is 2.15. The third-order valence-electron chi connectivity index (χ3n) is 3.11. The van der Waals surface area contributed by atoms with E-state index in [0.29, 0.717) is 25.2 Å². The second-order valence-electron chi connectivity index (χ2n) is 5.39. The van der Waals surface area contributed by atoms with Gasteiger partial charge in [-0.1, -0.05) is 44.2 Å². The third-order valence-corrected chi connectivity index (χ3v) is 3.11. The zero-order chi connectivity index (χ0) is 14.3. The van der Waals surface area contributed by atoms with Crippen molar-refractivity contribution in [1.29, 1.82) is 0 Å². The van der Waals surface area contributed by atoms with E-state index in [1.54, 1.807) is 0 Å². The largest absolute Gasteiger partial charge is 0.481 e. The summed E-state index contributed by atoms with van der Waals surface area (Å²) in [4.78, 5) is 22.9. The van der Waals surface area contributed by atoms with Gasteiger partial charge in [0.2, 0.25) is 0 Å². The fourth-order valence-electron chi connectivity index (χ4n) is 2.15. The number of aryl methyl sites for hydroxylation is 1. The molecule has 0 aliphatic rings. The van der Waals surface area contributed by atoms with Gasteiger partial charge in [0.1, 0.15) is 5.78 Å². The van der Waals surface area contributed by atoms with Gasteiger partial charge in [0.05, 0.1) is 5.92 Å². The van der Waals surface area contributed by atoms with Crippen molar-refractivity contribution in [3.8, 4) is 0 Å². The Kier molecular flexibility index (Phi) is 6.26. The smallest absolute Gasteiger partial charge is 0.306 e. The van der Waals surface area contributed by atoms with Crippen molar-refractivity contribution in [3.05, 3.63) is 35.9 Å². The zero-order valence-electron chi connectivity index (χ0n) is 11.6. The van der Waals surface area contributed by atoms with E-state index < -0.39 is 11.9 Å². The van der Waals surface area contributed by atoms with Gasteiger partial charge in [0.25, 0.3) is 0 Å². The minimum absolute atomic E-state index is 0.0388. The summed E-state index contributed by atoms with van der Waals surface area (Å²) in [6, 6.07) is 9.79. The number of aliphatic carboxylic acids is 1. The summed E-state index contributed by atoms with van der Waals surface area (Å²) in [7, 11) is 0. The molecule has 0 fully saturated rings. The lowest BCUT2D eigenvalue weighted by Crippen LogP contribution is -2.20. The maximum Gasteiger partial charge on any atom is 0.306 e. The monoisotopic (exact) mass is 262 g/mol. The molecule has 1 aromatic rings. The van der Waals surface area contributed by atoms with Crippen molar-refractivity contribution in [2.75, 3.05) is 0 Å². The number of carbonyl (C=O) groups excluding carboxylic acids is 1. The van der Waals surface area contributed by atoms with Gasteiger partial charge in [-0.3, -0.25) is 9.59 Å². The Morgan fingerprint density at radius 3 is 2.32 bits per heavy atom. The van der Waals surface area contributed by atoms with Crippen LogP contribution in [0, 0.1) is 11.8 Å². The van der Waals surface area contributed by atoms with Gasteiger partial charge >= 0.3 is 5.97 Å². The number of hydrogen-bond donors (Lipinski definition) is 1. The average molecular weight is 262 g/mol. The number of Topliss-reactive ketones (excluding diaryl/α,β-unsaturated/α-hetero) is 1. The Morgan fingerprint density at radius 1 is 1.16 bits per heavy atom. The lowest BCUT2D eigenvalue weighted by Gasteiger charge is -2.13. The van der Waals surface area contributed by atoms with E-state index in [1.165, 1.54) is 0 Å². The molecule has 0 heterocycles. The summed E-state index contributed by atoms with van der Waals surface area (Å²) in [5.74, 6) is -1.06. The first-order chi connectivity index (χ1) is 8.99. The molecule has 3 nitrogen and oxygen atoms in total. The number of carboxylic acid groups (broad SMARTS) is 1. The molecule has 19 heavy (non-hydrogen) atoms. The number of benzene rings is 1. The summed E-state index contributed by atoms with van der Waals surface area (Å²) in [5.41, 5.74) is 1.12. The van der Waals surface area contributed by atoms with Crippen LogP contribution in [0.3, 0.4) is 0 Å². The fraction of sp³-hybridized carbons (Fsp3) is 0.500. The number of carboxylic acids is 1. The van der Waals surface area contributed by atoms with Crippen LogP contribution in [0.25, 0.3) is 0 Å². The quantitative estimate of drug-likeness (QED) is 0.781. The highest BCUT2D eigenvalue weighted by Crippen LogP contribution is 2.17. The topological polar surface area (TPSA) is 54.4 Å². The molecule has 0 unspecified atom stereocenters. The molecule has 104 valence electrons. The van der Waals surface area contributed by atoms with Crippen LogP contribution in [0.5, 0.6) is 0 Å². The summed E-state index contributed by atoms with van der Waals surface area (Å²) in [5, 5.41) is 9.10. The highest BCUT2D eigenvalue weighted by Gasteiger charge is 2.21. The van der Waals surface area contributed by atoms with E-state index in [9.17, 15) is 9.59 Å². The lowest BCUT2D eigenvalue weighted by molar-refractivity contribution is -0.144. The van der Waals surface area contributed by atoms with Crippen LogP contribution in [0.15, 0.2) is 30.3 Å². The number of ketones is 1. The molecule has 1 rings (SSSR count). The Bertz CT molecular complexity index is 409. The molecule has 0 saturated carbocycles. The van der Waals surface area contributed by atoms with Crippen LogP contribution in [-0.4, -0.2) is 16.9 Å². The van der Waals surface area contributed by atoms with Crippen LogP contribution >= 0.6 is 0 Å². The molecule has 1 N–H and O–H groups in total. The molecule has 1 atom stereocenters. The molecule has 0 aromatic heterocycles. The minimum Gasteiger partial charge on any atom is -0.481 e. The number of hydrogen-bond acceptors (Lipinski definition) is 2. The van der Waals surface area contributed by atoms with Gasteiger partial charge in [-0.2, -0.15) is 0 Å². The molecular formula is C16H22O3. The molecule has 0 aliphatic heterocycles. The van der Waals surface area contributed by atoms with E-state index in [4.69, 9.17) is 5.11 Å². The van der Waals surface area contributed by atoms with Crippen molar-refractivity contribution < 1.29 is 14.7 Å². The average Bonchev–Trinajstić information content (AvgIpc) is 2.36. The second kappa shape index (κ2) is 7.72. The second-order valence-corrected chi connectivity index (χ2v) is 5.39. The summed E-state index contributed by atoms with van der Waals surface area (Å²) in [6.45, 7) is 3.95. The van der Waals surface area contributed by atoms with Crippen molar-refractivity contribution in [1.82, 2.24) is 0 Å². The van der Waals surface area contributed by atoms with Gasteiger partial charge in [0, 0.05) is 12.8 Å². The molecule has 0 spiro atoms. The van der Waals surface area contributed by atoms with Crippen molar-refractivity contribution in [2.45, 2.75) is 39.5 Å². The number of rotatable bonds is 8. The Morgan fingerprint density at radius 2 is 1.79 bits per heavy atom. The number of carbonyl (C=O) groups is 2. The first-order valence-electron chi connectivity index (χ1n) is 6.77. The highest BCUT2D eigenvalue weighted by atomic mass is 16.4. The van der Waals surface area contributed by atoms with Crippen LogP contribution in [0.2, 0.25) is 0 Å². The van der Waals surface area contributed by atoms with Gasteiger partial charge in [0.15, 0.2) is 0 Å². The molecule has 0 radical (unpaired) electrons. The summed E-state index contributed by atoms with van der Waals surface area (Å²) in [6.07, 6.45) is 1.83. The predicted octanol–water partition coefficient (Wildman–Crippen LogP) is 3.33. The van der Waals surface area contributed by atoms with E-state index >= 15 is 0 Å². The molecule has 3 heteroatoms. The van der Waals surface area contributed by atoms with Gasteiger partial charge in [-0.05, 0) is 24.3 Å². The van der Waals surface area contributed by atoms with Crippen LogP contribution in [-0.2, 0) is 16.0 Å². The maximum atomic E-state index is 11.8. The van der Waals surface area contributed by atoms with E-state index in [1.807, 2.05) is 44.2 Å². The normalized spacial score (nSPS) is 12.4. The first-order valence-corrected chi connectivity index (χ1v) is 6.77. The minimum atomic E-state index is -0.859. The highest BCUT2D eigenvalue weighted by molar-refractivity contribution is 5.83.